The van der Waals surface area contributed by atoms with Crippen LogP contribution in [-0.4, -0.2) is 88.3 Å². The number of piperazine rings is 1. The molecule has 0 aliphatic carbocycles. The number of amides is 1. The van der Waals surface area contributed by atoms with Crippen molar-refractivity contribution >= 4 is 23.1 Å². The topological polar surface area (TPSA) is 140 Å². The van der Waals surface area contributed by atoms with Crippen molar-refractivity contribution in [1.29, 1.82) is 5.41 Å². The fourth-order valence-corrected chi connectivity index (χ4v) is 3.57. The molecule has 37 heavy (non-hydrogen) atoms. The number of anilines is 2. The van der Waals surface area contributed by atoms with E-state index in [4.69, 9.17) is 10.1 Å². The molecule has 1 atom stereocenters. The van der Waals surface area contributed by atoms with Crippen molar-refractivity contribution in [2.75, 3.05) is 49.6 Å². The van der Waals surface area contributed by atoms with E-state index in [1.165, 1.54) is 6.20 Å². The molecule has 1 amide bonds. The number of halogens is 5. The zero-order chi connectivity index (χ0) is 27.2. The third kappa shape index (κ3) is 7.41. The molecule has 0 bridgehead atoms. The molecule has 3 N–H and O–H groups in total. The quantitative estimate of drug-likeness (QED) is 0.240. The van der Waals surface area contributed by atoms with Gasteiger partial charge < -0.3 is 19.9 Å². The van der Waals surface area contributed by atoms with Crippen molar-refractivity contribution in [3.8, 4) is 0 Å². The van der Waals surface area contributed by atoms with E-state index in [1.807, 2.05) is 10.00 Å². The molecule has 3 heterocycles. The first-order valence-corrected chi connectivity index (χ1v) is 11.2. The summed E-state index contributed by atoms with van der Waals surface area (Å²) in [6, 6.07) is -0.556. The van der Waals surface area contributed by atoms with Crippen LogP contribution in [0.15, 0.2) is 23.4 Å². The summed E-state index contributed by atoms with van der Waals surface area (Å²) in [5.41, 5.74) is -4.49. The van der Waals surface area contributed by atoms with Crippen LogP contribution >= 0.6 is 0 Å². The Hall–Kier alpha value is -3.69. The van der Waals surface area contributed by atoms with Crippen molar-refractivity contribution in [2.24, 2.45) is 0 Å². The first-order chi connectivity index (χ1) is 17.5. The molecule has 0 radical (unpaired) electrons. The van der Waals surface area contributed by atoms with Gasteiger partial charge in [-0.3, -0.25) is 15.0 Å². The van der Waals surface area contributed by atoms with Gasteiger partial charge in [-0.1, -0.05) is 0 Å². The molecule has 1 saturated heterocycles. The highest BCUT2D eigenvalue weighted by Crippen LogP contribution is 2.24. The Morgan fingerprint density at radius 1 is 1.19 bits per heavy atom. The van der Waals surface area contributed by atoms with Crippen molar-refractivity contribution in [2.45, 2.75) is 32.0 Å². The SMILES string of the molecule is CC(COCCC(=O)N1CCN(c2cnc(C(F)F)cn2)CC1)Nc1cn[nH]c(=O)c1C(=N)C(F)(F)F. The van der Waals surface area contributed by atoms with E-state index in [9.17, 15) is 31.5 Å². The molecular formula is C21H25F5N8O3. The van der Waals surface area contributed by atoms with E-state index in [2.05, 4.69) is 20.4 Å². The Balaban J connectivity index is 1.41. The lowest BCUT2D eigenvalue weighted by Crippen LogP contribution is -2.49. The van der Waals surface area contributed by atoms with E-state index in [0.717, 1.165) is 12.4 Å². The molecular weight excluding hydrogens is 507 g/mol. The minimum Gasteiger partial charge on any atom is -0.379 e. The molecule has 16 heteroatoms. The van der Waals surface area contributed by atoms with Gasteiger partial charge in [-0.2, -0.15) is 18.3 Å². The van der Waals surface area contributed by atoms with Gasteiger partial charge in [-0.15, -0.1) is 0 Å². The number of alkyl halides is 5. The molecule has 1 unspecified atom stereocenters. The number of H-pyrrole nitrogens is 1. The van der Waals surface area contributed by atoms with Crippen LogP contribution in [0.4, 0.5) is 33.5 Å². The summed E-state index contributed by atoms with van der Waals surface area (Å²) >= 11 is 0. The zero-order valence-electron chi connectivity index (χ0n) is 19.7. The Labute approximate surface area is 207 Å². The fraction of sp³-hybridized carbons (Fsp3) is 0.524. The van der Waals surface area contributed by atoms with Crippen LogP contribution in [-0.2, 0) is 9.53 Å². The van der Waals surface area contributed by atoms with Gasteiger partial charge in [-0.25, -0.2) is 23.8 Å². The van der Waals surface area contributed by atoms with Crippen molar-refractivity contribution in [3.05, 3.63) is 40.2 Å². The molecule has 1 aliphatic rings. The van der Waals surface area contributed by atoms with Crippen molar-refractivity contribution in [3.63, 3.8) is 0 Å². The summed E-state index contributed by atoms with van der Waals surface area (Å²) in [5, 5.41) is 15.3. The molecule has 0 saturated carbocycles. The smallest absolute Gasteiger partial charge is 0.379 e. The summed E-state index contributed by atoms with van der Waals surface area (Å²) in [6.07, 6.45) is -4.35. The zero-order valence-corrected chi connectivity index (χ0v) is 19.7. The number of carbonyl (C=O) groups excluding carboxylic acids is 1. The van der Waals surface area contributed by atoms with Crippen LogP contribution in [0.25, 0.3) is 0 Å². The summed E-state index contributed by atoms with van der Waals surface area (Å²) in [7, 11) is 0. The van der Waals surface area contributed by atoms with E-state index in [1.54, 1.807) is 11.8 Å². The van der Waals surface area contributed by atoms with Gasteiger partial charge in [0.25, 0.3) is 12.0 Å². The minimum absolute atomic E-state index is 0.0138. The number of rotatable bonds is 10. The number of aromatic amines is 1. The van der Waals surface area contributed by atoms with Crippen LogP contribution in [0.2, 0.25) is 0 Å². The second-order valence-electron chi connectivity index (χ2n) is 8.20. The largest absolute Gasteiger partial charge is 0.433 e. The lowest BCUT2D eigenvalue weighted by Gasteiger charge is -2.35. The maximum atomic E-state index is 12.9. The Morgan fingerprint density at radius 3 is 2.49 bits per heavy atom. The number of nitrogens with zero attached hydrogens (tertiary/aromatic N) is 5. The van der Waals surface area contributed by atoms with Gasteiger partial charge in [0.15, 0.2) is 5.71 Å². The van der Waals surface area contributed by atoms with Crippen LogP contribution in [0.1, 0.15) is 31.0 Å². The number of hydrogen-bond acceptors (Lipinski definition) is 9. The van der Waals surface area contributed by atoms with Gasteiger partial charge in [0.2, 0.25) is 5.91 Å². The van der Waals surface area contributed by atoms with Gasteiger partial charge in [0.05, 0.1) is 49.5 Å². The number of nitrogens with one attached hydrogen (secondary N) is 3. The fourth-order valence-electron chi connectivity index (χ4n) is 3.57. The van der Waals surface area contributed by atoms with E-state index in [-0.39, 0.29) is 31.2 Å². The number of hydrogen-bond donors (Lipinski definition) is 3. The third-order valence-corrected chi connectivity index (χ3v) is 5.46. The first-order valence-electron chi connectivity index (χ1n) is 11.2. The van der Waals surface area contributed by atoms with E-state index >= 15 is 0 Å². The highest BCUT2D eigenvalue weighted by atomic mass is 19.4. The van der Waals surface area contributed by atoms with Crippen LogP contribution < -0.4 is 15.8 Å². The Bertz CT molecular complexity index is 1130. The highest BCUT2D eigenvalue weighted by molar-refractivity contribution is 6.06. The van der Waals surface area contributed by atoms with E-state index < -0.39 is 41.2 Å². The average Bonchev–Trinajstić information content (AvgIpc) is 2.86. The van der Waals surface area contributed by atoms with Crippen LogP contribution in [0, 0.1) is 5.41 Å². The van der Waals surface area contributed by atoms with Gasteiger partial charge in [0, 0.05) is 32.2 Å². The maximum absolute atomic E-state index is 12.9. The van der Waals surface area contributed by atoms with E-state index in [0.29, 0.717) is 32.0 Å². The van der Waals surface area contributed by atoms with Crippen LogP contribution in [0.5, 0.6) is 0 Å². The van der Waals surface area contributed by atoms with Gasteiger partial charge in [-0.05, 0) is 6.92 Å². The standard InChI is InChI=1S/C21H25F5N8O3/c1-12(31-13-9-30-32-20(36)17(13)18(27)21(24,25)26)11-37-7-2-16(35)34-5-3-33(4-6-34)15-10-28-14(8-29-15)19(22)23/h8-10,12,19,27H,2-7,11H2,1H3,(H2,31,32,36). The van der Waals surface area contributed by atoms with Crippen LogP contribution in [0.3, 0.4) is 0 Å². The predicted molar refractivity (Wildman–Crippen MR) is 122 cm³/mol. The Morgan fingerprint density at radius 2 is 1.89 bits per heavy atom. The second kappa shape index (κ2) is 12.0. The monoisotopic (exact) mass is 532 g/mol. The van der Waals surface area contributed by atoms with Gasteiger partial charge in [0.1, 0.15) is 11.5 Å². The molecule has 0 aromatic carbocycles. The lowest BCUT2D eigenvalue weighted by molar-refractivity contribution is -0.132. The van der Waals surface area contributed by atoms with Gasteiger partial charge >= 0.3 is 6.18 Å². The predicted octanol–water partition coefficient (Wildman–Crippen LogP) is 1.98. The maximum Gasteiger partial charge on any atom is 0.433 e. The summed E-state index contributed by atoms with van der Waals surface area (Å²) in [5.74, 6) is 0.296. The minimum atomic E-state index is -5.01. The second-order valence-corrected chi connectivity index (χ2v) is 8.20. The molecule has 0 spiro atoms. The third-order valence-electron chi connectivity index (χ3n) is 5.46. The average molecular weight is 532 g/mol. The number of carbonyl (C=O) groups is 1. The first kappa shape index (κ1) is 27.9. The Kier molecular flexibility index (Phi) is 9.07. The van der Waals surface area contributed by atoms with Crippen molar-refractivity contribution < 1.29 is 31.5 Å². The molecule has 1 fully saturated rings. The molecule has 3 rings (SSSR count). The summed E-state index contributed by atoms with van der Waals surface area (Å²) in [4.78, 5) is 35.5. The lowest BCUT2D eigenvalue weighted by atomic mass is 10.1. The molecule has 1 aliphatic heterocycles. The summed E-state index contributed by atoms with van der Waals surface area (Å²) in [6.45, 7) is 3.38. The number of aromatic nitrogens is 4. The highest BCUT2D eigenvalue weighted by Gasteiger charge is 2.38. The van der Waals surface area contributed by atoms with Crippen molar-refractivity contribution in [1.82, 2.24) is 25.1 Å². The molecule has 11 nitrogen and oxygen atoms in total. The number of ether oxygens (including phenoxy) is 1. The molecule has 2 aromatic heterocycles. The normalized spacial score (nSPS) is 15.1. The molecule has 2 aromatic rings. The summed E-state index contributed by atoms with van der Waals surface area (Å²) < 4.78 is 69.5. The molecule has 202 valence electrons.